The molecule has 7 heteroatoms. The Morgan fingerprint density at radius 2 is 2.00 bits per heavy atom. The fourth-order valence-corrected chi connectivity index (χ4v) is 2.71. The number of carbonyl (C=O) groups excluding carboxylic acids is 2. The van der Waals surface area contributed by atoms with Crippen LogP contribution < -0.4 is 15.0 Å². The second-order valence-electron chi connectivity index (χ2n) is 6.12. The van der Waals surface area contributed by atoms with E-state index in [4.69, 9.17) is 9.26 Å². The number of amides is 2. The van der Waals surface area contributed by atoms with Crippen LogP contribution in [0.3, 0.4) is 0 Å². The largest absolute Gasteiger partial charge is 0.465 e. The summed E-state index contributed by atoms with van der Waals surface area (Å²) >= 11 is 0. The van der Waals surface area contributed by atoms with Gasteiger partial charge in [0.05, 0.1) is 5.69 Å². The van der Waals surface area contributed by atoms with Crippen LogP contribution in [0.2, 0.25) is 0 Å². The summed E-state index contributed by atoms with van der Waals surface area (Å²) in [6.45, 7) is 6.78. The van der Waals surface area contributed by atoms with E-state index in [1.807, 2.05) is 19.1 Å². The first-order chi connectivity index (χ1) is 11.2. The zero-order valence-electron chi connectivity index (χ0n) is 14.3. The van der Waals surface area contributed by atoms with Crippen LogP contribution in [0, 0.1) is 20.8 Å². The number of rotatable bonds is 2. The average molecular weight is 329 g/mol. The standard InChI is InChI=1S/C17H19N3O4/c1-9-6-7-13-12(8-9)20(5)16(22)17(4,23-13)15(21)18-14-10(2)19-24-11(14)3/h6-8H,1-5H3,(H,18,21). The summed E-state index contributed by atoms with van der Waals surface area (Å²) < 4.78 is 10.8. The van der Waals surface area contributed by atoms with Crippen LogP contribution in [-0.4, -0.2) is 29.6 Å². The molecule has 1 aliphatic heterocycles. The summed E-state index contributed by atoms with van der Waals surface area (Å²) in [5.41, 5.74) is 0.961. The smallest absolute Gasteiger partial charge is 0.280 e. The zero-order valence-corrected chi connectivity index (χ0v) is 14.3. The van der Waals surface area contributed by atoms with E-state index in [1.165, 1.54) is 11.8 Å². The maximum Gasteiger partial charge on any atom is 0.280 e. The van der Waals surface area contributed by atoms with Crippen molar-refractivity contribution in [2.24, 2.45) is 0 Å². The Morgan fingerprint density at radius 1 is 1.29 bits per heavy atom. The Kier molecular flexibility index (Phi) is 3.59. The summed E-state index contributed by atoms with van der Waals surface area (Å²) in [6, 6.07) is 5.48. The van der Waals surface area contributed by atoms with Crippen LogP contribution in [0.1, 0.15) is 23.9 Å². The topological polar surface area (TPSA) is 84.7 Å². The minimum atomic E-state index is -1.67. The lowest BCUT2D eigenvalue weighted by Gasteiger charge is -2.38. The molecule has 1 aromatic heterocycles. The normalized spacial score (nSPS) is 19.7. The number of anilines is 2. The molecule has 24 heavy (non-hydrogen) atoms. The van der Waals surface area contributed by atoms with E-state index < -0.39 is 17.4 Å². The van der Waals surface area contributed by atoms with Gasteiger partial charge in [-0.05, 0) is 45.4 Å². The Morgan fingerprint density at radius 3 is 2.62 bits per heavy atom. The molecule has 2 amide bonds. The van der Waals surface area contributed by atoms with Gasteiger partial charge in [0.1, 0.15) is 17.1 Å². The van der Waals surface area contributed by atoms with Gasteiger partial charge in [-0.2, -0.15) is 0 Å². The molecule has 0 fully saturated rings. The van der Waals surface area contributed by atoms with Gasteiger partial charge in [-0.3, -0.25) is 9.59 Å². The monoisotopic (exact) mass is 329 g/mol. The summed E-state index contributed by atoms with van der Waals surface area (Å²) in [4.78, 5) is 27.0. The van der Waals surface area contributed by atoms with Gasteiger partial charge in [0.15, 0.2) is 5.76 Å². The molecular formula is C17H19N3O4. The Hall–Kier alpha value is -2.83. The third-order valence-corrected chi connectivity index (χ3v) is 4.21. The van der Waals surface area contributed by atoms with Gasteiger partial charge in [-0.15, -0.1) is 0 Å². The van der Waals surface area contributed by atoms with Gasteiger partial charge in [-0.1, -0.05) is 11.2 Å². The lowest BCUT2D eigenvalue weighted by molar-refractivity contribution is -0.144. The molecule has 2 heterocycles. The van der Waals surface area contributed by atoms with Crippen LogP contribution in [0.5, 0.6) is 5.75 Å². The number of nitrogens with one attached hydrogen (secondary N) is 1. The second-order valence-corrected chi connectivity index (χ2v) is 6.12. The number of aryl methyl sites for hydroxylation is 3. The van der Waals surface area contributed by atoms with Crippen molar-refractivity contribution in [1.29, 1.82) is 0 Å². The molecule has 1 unspecified atom stereocenters. The molecule has 1 N–H and O–H groups in total. The van der Waals surface area contributed by atoms with Crippen LogP contribution in [0.25, 0.3) is 0 Å². The third-order valence-electron chi connectivity index (χ3n) is 4.21. The van der Waals surface area contributed by atoms with Gasteiger partial charge in [0.25, 0.3) is 17.4 Å². The zero-order chi connectivity index (χ0) is 17.6. The highest BCUT2D eigenvalue weighted by Crippen LogP contribution is 2.38. The molecule has 0 spiro atoms. The van der Waals surface area contributed by atoms with E-state index in [0.717, 1.165) is 5.56 Å². The molecule has 1 aromatic carbocycles. The van der Waals surface area contributed by atoms with Crippen molar-refractivity contribution in [1.82, 2.24) is 5.16 Å². The molecule has 0 saturated heterocycles. The minimum absolute atomic E-state index is 0.440. The molecule has 1 atom stereocenters. The molecule has 0 saturated carbocycles. The first kappa shape index (κ1) is 16.0. The molecule has 0 radical (unpaired) electrons. The van der Waals surface area contributed by atoms with Crippen LogP contribution in [0.4, 0.5) is 11.4 Å². The van der Waals surface area contributed by atoms with Crippen molar-refractivity contribution in [3.05, 3.63) is 35.2 Å². The minimum Gasteiger partial charge on any atom is -0.465 e. The summed E-state index contributed by atoms with van der Waals surface area (Å²) in [6.07, 6.45) is 0. The van der Waals surface area contributed by atoms with Gasteiger partial charge in [-0.25, -0.2) is 0 Å². The molecular weight excluding hydrogens is 310 g/mol. The van der Waals surface area contributed by atoms with E-state index in [2.05, 4.69) is 10.5 Å². The first-order valence-corrected chi connectivity index (χ1v) is 7.56. The number of hydrogen-bond acceptors (Lipinski definition) is 5. The summed E-state index contributed by atoms with van der Waals surface area (Å²) in [7, 11) is 1.63. The quantitative estimate of drug-likeness (QED) is 0.855. The number of aromatic nitrogens is 1. The number of fused-ring (bicyclic) bond motifs is 1. The maximum absolute atomic E-state index is 12.8. The second kappa shape index (κ2) is 5.36. The average Bonchev–Trinajstić information content (AvgIpc) is 2.85. The number of ether oxygens (including phenoxy) is 1. The predicted octanol–water partition coefficient (Wildman–Crippen LogP) is 2.35. The van der Waals surface area contributed by atoms with Gasteiger partial charge in [0, 0.05) is 7.05 Å². The fourth-order valence-electron chi connectivity index (χ4n) is 2.71. The molecule has 2 aromatic rings. The molecule has 3 rings (SSSR count). The van der Waals surface area contributed by atoms with Gasteiger partial charge < -0.3 is 19.5 Å². The number of likely N-dealkylation sites (N-methyl/N-ethyl adjacent to an activating group) is 1. The number of carbonyl (C=O) groups is 2. The van der Waals surface area contributed by atoms with E-state index >= 15 is 0 Å². The van der Waals surface area contributed by atoms with E-state index in [9.17, 15) is 9.59 Å². The number of hydrogen-bond donors (Lipinski definition) is 1. The highest BCUT2D eigenvalue weighted by atomic mass is 16.5. The van der Waals surface area contributed by atoms with E-state index in [0.29, 0.717) is 28.6 Å². The van der Waals surface area contributed by atoms with Crippen molar-refractivity contribution in [2.45, 2.75) is 33.3 Å². The third kappa shape index (κ3) is 2.33. The van der Waals surface area contributed by atoms with E-state index in [1.54, 1.807) is 27.0 Å². The first-order valence-electron chi connectivity index (χ1n) is 7.56. The lowest BCUT2D eigenvalue weighted by atomic mass is 9.99. The van der Waals surface area contributed by atoms with Crippen molar-refractivity contribution >= 4 is 23.2 Å². The van der Waals surface area contributed by atoms with Crippen LogP contribution in [-0.2, 0) is 9.59 Å². The van der Waals surface area contributed by atoms with Gasteiger partial charge in [0.2, 0.25) is 0 Å². The molecule has 0 aliphatic carbocycles. The number of benzene rings is 1. The Labute approximate surface area is 139 Å². The van der Waals surface area contributed by atoms with E-state index in [-0.39, 0.29) is 0 Å². The highest BCUT2D eigenvalue weighted by molar-refractivity contribution is 6.19. The predicted molar refractivity (Wildman–Crippen MR) is 88.2 cm³/mol. The fraction of sp³-hybridized carbons (Fsp3) is 0.353. The van der Waals surface area contributed by atoms with Crippen LogP contribution in [0.15, 0.2) is 22.7 Å². The van der Waals surface area contributed by atoms with Crippen molar-refractivity contribution in [2.75, 3.05) is 17.3 Å². The van der Waals surface area contributed by atoms with Crippen molar-refractivity contribution in [3.63, 3.8) is 0 Å². The Bertz CT molecular complexity index is 823. The summed E-state index contributed by atoms with van der Waals surface area (Å²) in [5.74, 6) is -0.0546. The Balaban J connectivity index is 1.96. The molecule has 7 nitrogen and oxygen atoms in total. The van der Waals surface area contributed by atoms with Crippen molar-refractivity contribution < 1.29 is 18.8 Å². The molecule has 1 aliphatic rings. The number of nitrogens with zero attached hydrogens (tertiary/aromatic N) is 2. The van der Waals surface area contributed by atoms with Crippen molar-refractivity contribution in [3.8, 4) is 5.75 Å². The van der Waals surface area contributed by atoms with Crippen LogP contribution >= 0.6 is 0 Å². The van der Waals surface area contributed by atoms with Gasteiger partial charge >= 0.3 is 0 Å². The SMILES string of the molecule is Cc1ccc2c(c1)N(C)C(=O)C(C)(C(=O)Nc1c(C)noc1C)O2. The molecule has 0 bridgehead atoms. The molecule has 126 valence electrons. The summed E-state index contributed by atoms with van der Waals surface area (Å²) in [5, 5.41) is 6.48. The highest BCUT2D eigenvalue weighted by Gasteiger charge is 2.50. The lowest BCUT2D eigenvalue weighted by Crippen LogP contribution is -2.59. The maximum atomic E-state index is 12.8.